The Morgan fingerprint density at radius 3 is 2.69 bits per heavy atom. The standard InChI is InChI=1S/C24H29N3O3S.ClH/c1-17-4-5-19(18(2)14-17)15-23(28)27(9-8-26-10-12-30-13-11-26)24-25-21-16-20(29-3)6-7-22(21)31-24;/h4-7,14,16H,8-13,15H2,1-3H3;1H. The van der Waals surface area contributed by atoms with E-state index in [1.54, 1.807) is 18.4 Å². The van der Waals surface area contributed by atoms with Gasteiger partial charge in [-0.25, -0.2) is 4.98 Å². The van der Waals surface area contributed by atoms with Gasteiger partial charge >= 0.3 is 0 Å². The third-order valence-corrected chi connectivity index (χ3v) is 6.76. The lowest BCUT2D eigenvalue weighted by molar-refractivity contribution is -0.118. The van der Waals surface area contributed by atoms with Crippen molar-refractivity contribution >= 4 is 45.0 Å². The van der Waals surface area contributed by atoms with Gasteiger partial charge in [-0.1, -0.05) is 35.1 Å². The van der Waals surface area contributed by atoms with Crippen molar-refractivity contribution in [2.75, 3.05) is 51.4 Å². The molecular weight excluding hydrogens is 446 g/mol. The summed E-state index contributed by atoms with van der Waals surface area (Å²) in [4.78, 5) is 22.4. The van der Waals surface area contributed by atoms with Crippen LogP contribution in [0.2, 0.25) is 0 Å². The Bertz CT molecular complexity index is 1070. The zero-order valence-corrected chi connectivity index (χ0v) is 20.4. The second kappa shape index (κ2) is 11.1. The summed E-state index contributed by atoms with van der Waals surface area (Å²) in [6.45, 7) is 8.85. The smallest absolute Gasteiger partial charge is 0.233 e. The van der Waals surface area contributed by atoms with Crippen molar-refractivity contribution in [3.8, 4) is 5.75 Å². The van der Waals surface area contributed by atoms with E-state index in [9.17, 15) is 4.79 Å². The molecule has 0 radical (unpaired) electrons. The summed E-state index contributed by atoms with van der Waals surface area (Å²) in [5.41, 5.74) is 4.28. The van der Waals surface area contributed by atoms with Crippen LogP contribution in [-0.2, 0) is 16.0 Å². The lowest BCUT2D eigenvalue weighted by Gasteiger charge is -2.29. The monoisotopic (exact) mass is 475 g/mol. The Hall–Kier alpha value is -2.19. The van der Waals surface area contributed by atoms with Gasteiger partial charge in [0, 0.05) is 32.2 Å². The molecule has 8 heteroatoms. The molecule has 1 aromatic heterocycles. The van der Waals surface area contributed by atoms with E-state index in [2.05, 4.69) is 36.9 Å². The molecule has 1 aliphatic heterocycles. The van der Waals surface area contributed by atoms with Crippen LogP contribution in [0.4, 0.5) is 5.13 Å². The molecule has 0 spiro atoms. The number of halogens is 1. The van der Waals surface area contributed by atoms with Gasteiger partial charge in [0.05, 0.1) is 37.0 Å². The van der Waals surface area contributed by atoms with Crippen LogP contribution in [0.15, 0.2) is 36.4 Å². The molecule has 1 aliphatic rings. The summed E-state index contributed by atoms with van der Waals surface area (Å²) < 4.78 is 11.8. The first kappa shape index (κ1) is 24.5. The van der Waals surface area contributed by atoms with Crippen LogP contribution in [0.1, 0.15) is 16.7 Å². The predicted octanol–water partition coefficient (Wildman–Crippen LogP) is 4.25. The first-order valence-electron chi connectivity index (χ1n) is 10.6. The van der Waals surface area contributed by atoms with Gasteiger partial charge in [0.15, 0.2) is 5.13 Å². The van der Waals surface area contributed by atoms with Crippen LogP contribution in [0, 0.1) is 13.8 Å². The number of benzene rings is 2. The molecule has 0 bridgehead atoms. The number of morpholine rings is 1. The van der Waals surface area contributed by atoms with Crippen LogP contribution in [0.3, 0.4) is 0 Å². The van der Waals surface area contributed by atoms with E-state index >= 15 is 0 Å². The van der Waals surface area contributed by atoms with E-state index in [1.165, 1.54) is 5.56 Å². The number of hydrogen-bond acceptors (Lipinski definition) is 6. The largest absolute Gasteiger partial charge is 0.497 e. The molecule has 172 valence electrons. The van der Waals surface area contributed by atoms with E-state index in [0.29, 0.717) is 13.0 Å². The number of aromatic nitrogens is 1. The molecule has 4 rings (SSSR count). The Labute approximate surface area is 199 Å². The van der Waals surface area contributed by atoms with E-state index in [0.717, 1.165) is 65.1 Å². The quantitative estimate of drug-likeness (QED) is 0.511. The minimum Gasteiger partial charge on any atom is -0.497 e. The number of anilines is 1. The van der Waals surface area contributed by atoms with Crippen molar-refractivity contribution in [1.29, 1.82) is 0 Å². The number of ether oxygens (including phenoxy) is 2. The second-order valence-corrected chi connectivity index (χ2v) is 8.95. The van der Waals surface area contributed by atoms with Gasteiger partial charge in [-0.3, -0.25) is 14.6 Å². The number of rotatable bonds is 7. The Morgan fingerprint density at radius 1 is 1.19 bits per heavy atom. The number of nitrogens with zero attached hydrogens (tertiary/aromatic N) is 3. The first-order valence-corrected chi connectivity index (χ1v) is 11.5. The highest BCUT2D eigenvalue weighted by molar-refractivity contribution is 7.22. The summed E-state index contributed by atoms with van der Waals surface area (Å²) in [5, 5.41) is 0.742. The van der Waals surface area contributed by atoms with Crippen LogP contribution in [0.25, 0.3) is 10.2 Å². The molecule has 0 saturated carbocycles. The van der Waals surface area contributed by atoms with Crippen LogP contribution in [0.5, 0.6) is 5.75 Å². The van der Waals surface area contributed by atoms with Crippen LogP contribution >= 0.6 is 23.7 Å². The molecule has 6 nitrogen and oxygen atoms in total. The summed E-state index contributed by atoms with van der Waals surface area (Å²) in [5.74, 6) is 0.844. The summed E-state index contributed by atoms with van der Waals surface area (Å²) >= 11 is 1.55. The molecule has 0 atom stereocenters. The molecule has 0 aliphatic carbocycles. The van der Waals surface area contributed by atoms with E-state index in [-0.39, 0.29) is 18.3 Å². The predicted molar refractivity (Wildman–Crippen MR) is 133 cm³/mol. The van der Waals surface area contributed by atoms with Gasteiger partial charge < -0.3 is 9.47 Å². The van der Waals surface area contributed by atoms with Crippen LogP contribution < -0.4 is 9.64 Å². The molecule has 1 amide bonds. The van der Waals surface area contributed by atoms with Crippen molar-refractivity contribution in [2.24, 2.45) is 0 Å². The molecule has 1 saturated heterocycles. The molecule has 3 aromatic rings. The highest BCUT2D eigenvalue weighted by atomic mass is 35.5. The fraction of sp³-hybridized carbons (Fsp3) is 0.417. The van der Waals surface area contributed by atoms with E-state index in [1.807, 2.05) is 23.1 Å². The second-order valence-electron chi connectivity index (χ2n) is 7.94. The third-order valence-electron chi connectivity index (χ3n) is 5.70. The van der Waals surface area contributed by atoms with Crippen molar-refractivity contribution < 1.29 is 14.3 Å². The minimum absolute atomic E-state index is 0. The highest BCUT2D eigenvalue weighted by Crippen LogP contribution is 2.31. The maximum Gasteiger partial charge on any atom is 0.233 e. The summed E-state index contributed by atoms with van der Waals surface area (Å²) in [6, 6.07) is 12.1. The SMILES string of the molecule is COc1ccc2sc(N(CCN3CCOCC3)C(=O)Cc3ccc(C)cc3C)nc2c1.Cl. The van der Waals surface area contributed by atoms with E-state index < -0.39 is 0 Å². The zero-order chi connectivity index (χ0) is 21.8. The highest BCUT2D eigenvalue weighted by Gasteiger charge is 2.22. The van der Waals surface area contributed by atoms with Gasteiger partial charge in [0.1, 0.15) is 5.75 Å². The van der Waals surface area contributed by atoms with Gasteiger partial charge in [-0.05, 0) is 37.1 Å². The number of carbonyl (C=O) groups excluding carboxylic acids is 1. The molecule has 0 unspecified atom stereocenters. The fourth-order valence-electron chi connectivity index (χ4n) is 3.83. The van der Waals surface area contributed by atoms with Gasteiger partial charge in [-0.15, -0.1) is 12.4 Å². The lowest BCUT2D eigenvalue weighted by Crippen LogP contribution is -2.43. The van der Waals surface area contributed by atoms with E-state index in [4.69, 9.17) is 14.5 Å². The number of thiazole rings is 1. The van der Waals surface area contributed by atoms with Crippen LogP contribution in [-0.4, -0.2) is 62.3 Å². The molecule has 2 aromatic carbocycles. The Kier molecular flexibility index (Phi) is 8.48. The average molecular weight is 476 g/mol. The third kappa shape index (κ3) is 5.78. The average Bonchev–Trinajstić information content (AvgIpc) is 3.19. The maximum absolute atomic E-state index is 13.4. The number of fused-ring (bicyclic) bond motifs is 1. The van der Waals surface area contributed by atoms with Crippen molar-refractivity contribution in [3.05, 3.63) is 53.1 Å². The number of methoxy groups -OCH3 is 1. The summed E-state index contributed by atoms with van der Waals surface area (Å²) in [7, 11) is 1.65. The molecule has 2 heterocycles. The maximum atomic E-state index is 13.4. The molecular formula is C24H30ClN3O3S. The number of aryl methyl sites for hydroxylation is 2. The molecule has 32 heavy (non-hydrogen) atoms. The van der Waals surface area contributed by atoms with Gasteiger partial charge in [-0.2, -0.15) is 0 Å². The van der Waals surface area contributed by atoms with Gasteiger partial charge in [0.25, 0.3) is 0 Å². The fourth-order valence-corrected chi connectivity index (χ4v) is 4.82. The van der Waals surface area contributed by atoms with Crippen molar-refractivity contribution in [2.45, 2.75) is 20.3 Å². The molecule has 0 N–H and O–H groups in total. The minimum atomic E-state index is 0. The van der Waals surface area contributed by atoms with Gasteiger partial charge in [0.2, 0.25) is 5.91 Å². The lowest BCUT2D eigenvalue weighted by atomic mass is 10.0. The van der Waals surface area contributed by atoms with Crippen molar-refractivity contribution in [3.63, 3.8) is 0 Å². The zero-order valence-electron chi connectivity index (χ0n) is 18.8. The normalized spacial score (nSPS) is 14.2. The Morgan fingerprint density at radius 2 is 1.97 bits per heavy atom. The number of hydrogen-bond donors (Lipinski definition) is 0. The number of carbonyl (C=O) groups is 1. The molecule has 1 fully saturated rings. The first-order chi connectivity index (χ1) is 15.0. The van der Waals surface area contributed by atoms with Crippen molar-refractivity contribution in [1.82, 2.24) is 9.88 Å². The summed E-state index contributed by atoms with van der Waals surface area (Å²) in [6.07, 6.45) is 0.370. The number of amides is 1. The Balaban J connectivity index is 0.00000289. The topological polar surface area (TPSA) is 54.9 Å².